The van der Waals surface area contributed by atoms with Crippen molar-refractivity contribution in [3.63, 3.8) is 0 Å². The topological polar surface area (TPSA) is 50.9 Å². The van der Waals surface area contributed by atoms with Gasteiger partial charge in [0.15, 0.2) is 0 Å². The quantitative estimate of drug-likeness (QED) is 0.911. The minimum Gasteiger partial charge on any atom is -0.388 e. The van der Waals surface area contributed by atoms with E-state index >= 15 is 0 Å². The zero-order valence-electron chi connectivity index (χ0n) is 9.14. The van der Waals surface area contributed by atoms with Crippen LogP contribution in [0.5, 0.6) is 0 Å². The van der Waals surface area contributed by atoms with Crippen LogP contribution in [0.2, 0.25) is 5.02 Å². The molecule has 0 aliphatic carbocycles. The summed E-state index contributed by atoms with van der Waals surface area (Å²) in [6.07, 6.45) is 0.584. The molecule has 1 heterocycles. The van der Waals surface area contributed by atoms with E-state index in [1.807, 2.05) is 0 Å². The molecule has 2 rings (SSSR count). The van der Waals surface area contributed by atoms with Crippen molar-refractivity contribution < 1.29 is 9.50 Å². The molecule has 0 aliphatic rings. The highest BCUT2D eigenvalue weighted by molar-refractivity contribution is 6.30. The molecule has 1 N–H and O–H groups in total. The predicted molar refractivity (Wildman–Crippen MR) is 61.1 cm³/mol. The molecule has 1 unspecified atom stereocenters. The zero-order valence-corrected chi connectivity index (χ0v) is 9.89. The maximum atomic E-state index is 13.6. The number of nitrogens with zero attached hydrogens (tertiary/aromatic N) is 3. The van der Waals surface area contributed by atoms with Crippen molar-refractivity contribution in [1.82, 2.24) is 14.8 Å². The summed E-state index contributed by atoms with van der Waals surface area (Å²) in [6.45, 7) is 0. The van der Waals surface area contributed by atoms with Crippen molar-refractivity contribution in [3.05, 3.63) is 46.8 Å². The third-order valence-corrected chi connectivity index (χ3v) is 2.81. The lowest BCUT2D eigenvalue weighted by Crippen LogP contribution is -2.09. The summed E-state index contributed by atoms with van der Waals surface area (Å²) in [5, 5.41) is 13.8. The standard InChI is InChI=1S/C11H11ClFN3O/c1-16-10(14-6-15-16)5-9(17)7-3-2-4-8(12)11(7)13/h2-4,6,9,17H,5H2,1H3. The van der Waals surface area contributed by atoms with Crippen molar-refractivity contribution in [3.8, 4) is 0 Å². The zero-order chi connectivity index (χ0) is 12.4. The molecule has 0 saturated carbocycles. The molecule has 0 saturated heterocycles. The van der Waals surface area contributed by atoms with E-state index < -0.39 is 11.9 Å². The van der Waals surface area contributed by atoms with Gasteiger partial charge in [0.1, 0.15) is 18.0 Å². The Morgan fingerprint density at radius 2 is 2.29 bits per heavy atom. The van der Waals surface area contributed by atoms with Gasteiger partial charge in [-0.3, -0.25) is 4.68 Å². The molecule has 0 fully saturated rings. The molecule has 1 aromatic carbocycles. The van der Waals surface area contributed by atoms with Crippen molar-refractivity contribution in [2.24, 2.45) is 7.05 Å². The molecule has 90 valence electrons. The normalized spacial score (nSPS) is 12.7. The molecule has 4 nitrogen and oxygen atoms in total. The van der Waals surface area contributed by atoms with E-state index in [1.165, 1.54) is 23.1 Å². The first kappa shape index (κ1) is 12.0. The third kappa shape index (κ3) is 2.45. The van der Waals surface area contributed by atoms with Gasteiger partial charge in [-0.1, -0.05) is 23.7 Å². The maximum Gasteiger partial charge on any atom is 0.147 e. The lowest BCUT2D eigenvalue weighted by molar-refractivity contribution is 0.169. The average molecular weight is 256 g/mol. The molecule has 0 radical (unpaired) electrons. The van der Waals surface area contributed by atoms with Gasteiger partial charge in [0.05, 0.1) is 11.1 Å². The van der Waals surface area contributed by atoms with E-state index in [2.05, 4.69) is 10.1 Å². The number of aryl methyl sites for hydroxylation is 1. The lowest BCUT2D eigenvalue weighted by Gasteiger charge is -2.11. The van der Waals surface area contributed by atoms with Crippen molar-refractivity contribution in [2.75, 3.05) is 0 Å². The molecule has 1 aromatic heterocycles. The fourth-order valence-electron chi connectivity index (χ4n) is 1.57. The van der Waals surface area contributed by atoms with Crippen molar-refractivity contribution in [2.45, 2.75) is 12.5 Å². The van der Waals surface area contributed by atoms with Gasteiger partial charge in [-0.15, -0.1) is 0 Å². The number of rotatable bonds is 3. The second-order valence-corrected chi connectivity index (χ2v) is 4.07. The maximum absolute atomic E-state index is 13.6. The van der Waals surface area contributed by atoms with Gasteiger partial charge in [0.2, 0.25) is 0 Å². The highest BCUT2D eigenvalue weighted by Crippen LogP contribution is 2.25. The van der Waals surface area contributed by atoms with E-state index in [0.717, 1.165) is 0 Å². The van der Waals surface area contributed by atoms with Crippen LogP contribution in [0.4, 0.5) is 4.39 Å². The molecular weight excluding hydrogens is 245 g/mol. The Bertz CT molecular complexity index is 529. The van der Waals surface area contributed by atoms with Gasteiger partial charge in [-0.25, -0.2) is 9.37 Å². The Morgan fingerprint density at radius 1 is 1.53 bits per heavy atom. The van der Waals surface area contributed by atoms with E-state index in [-0.39, 0.29) is 17.0 Å². The van der Waals surface area contributed by atoms with Crippen LogP contribution in [-0.4, -0.2) is 19.9 Å². The van der Waals surface area contributed by atoms with Gasteiger partial charge in [-0.2, -0.15) is 5.10 Å². The molecule has 0 amide bonds. The summed E-state index contributed by atoms with van der Waals surface area (Å²) in [4.78, 5) is 3.97. The van der Waals surface area contributed by atoms with Crippen LogP contribution in [0, 0.1) is 5.82 Å². The van der Waals surface area contributed by atoms with Crippen LogP contribution in [-0.2, 0) is 13.5 Å². The fourth-order valence-corrected chi connectivity index (χ4v) is 1.75. The molecule has 0 bridgehead atoms. The molecular formula is C11H11ClFN3O. The predicted octanol–water partition coefficient (Wildman–Crippen LogP) is 1.88. The van der Waals surface area contributed by atoms with Gasteiger partial charge < -0.3 is 5.11 Å². The summed E-state index contributed by atoms with van der Waals surface area (Å²) < 4.78 is 15.2. The summed E-state index contributed by atoms with van der Waals surface area (Å²) >= 11 is 5.65. The van der Waals surface area contributed by atoms with E-state index in [9.17, 15) is 9.50 Å². The molecule has 0 spiro atoms. The van der Waals surface area contributed by atoms with Crippen LogP contribution in [0.1, 0.15) is 17.5 Å². The molecule has 6 heteroatoms. The monoisotopic (exact) mass is 255 g/mol. The number of halogens is 2. The minimum absolute atomic E-state index is 0.000449. The second-order valence-electron chi connectivity index (χ2n) is 3.66. The number of hydrogen-bond acceptors (Lipinski definition) is 3. The van der Waals surface area contributed by atoms with E-state index in [0.29, 0.717) is 5.82 Å². The highest BCUT2D eigenvalue weighted by atomic mass is 35.5. The number of aromatic nitrogens is 3. The average Bonchev–Trinajstić information content (AvgIpc) is 2.68. The van der Waals surface area contributed by atoms with E-state index in [4.69, 9.17) is 11.6 Å². The number of aliphatic hydroxyl groups excluding tert-OH is 1. The van der Waals surface area contributed by atoms with Gasteiger partial charge in [0.25, 0.3) is 0 Å². The molecule has 0 aliphatic heterocycles. The Hall–Kier alpha value is -1.46. The van der Waals surface area contributed by atoms with Crippen LogP contribution in [0.15, 0.2) is 24.5 Å². The minimum atomic E-state index is -0.989. The Kier molecular flexibility index (Phi) is 3.40. The number of hydrogen-bond donors (Lipinski definition) is 1. The highest BCUT2D eigenvalue weighted by Gasteiger charge is 2.17. The number of aliphatic hydroxyl groups is 1. The summed E-state index contributed by atoms with van der Waals surface area (Å²) in [5.74, 6) is -0.0132. The fraction of sp³-hybridized carbons (Fsp3) is 0.273. The largest absolute Gasteiger partial charge is 0.388 e. The molecule has 17 heavy (non-hydrogen) atoms. The van der Waals surface area contributed by atoms with Crippen LogP contribution >= 0.6 is 11.6 Å². The first-order chi connectivity index (χ1) is 8.09. The summed E-state index contributed by atoms with van der Waals surface area (Å²) in [5.41, 5.74) is 0.167. The van der Waals surface area contributed by atoms with Crippen molar-refractivity contribution in [1.29, 1.82) is 0 Å². The summed E-state index contributed by atoms with van der Waals surface area (Å²) in [6, 6.07) is 4.54. The van der Waals surface area contributed by atoms with Gasteiger partial charge in [0, 0.05) is 19.0 Å². The smallest absolute Gasteiger partial charge is 0.147 e. The Labute approximate surface area is 103 Å². The SMILES string of the molecule is Cn1ncnc1CC(O)c1cccc(Cl)c1F. The molecule has 1 atom stereocenters. The van der Waals surface area contributed by atoms with Gasteiger partial charge in [-0.05, 0) is 6.07 Å². The van der Waals surface area contributed by atoms with Crippen LogP contribution < -0.4 is 0 Å². The van der Waals surface area contributed by atoms with Crippen molar-refractivity contribution >= 4 is 11.6 Å². The summed E-state index contributed by atoms with van der Waals surface area (Å²) in [7, 11) is 1.71. The van der Waals surface area contributed by atoms with Gasteiger partial charge >= 0.3 is 0 Å². The van der Waals surface area contributed by atoms with Crippen LogP contribution in [0.25, 0.3) is 0 Å². The first-order valence-electron chi connectivity index (χ1n) is 5.04. The molecule has 2 aromatic rings. The first-order valence-corrected chi connectivity index (χ1v) is 5.42. The van der Waals surface area contributed by atoms with E-state index in [1.54, 1.807) is 13.1 Å². The second kappa shape index (κ2) is 4.81. The Morgan fingerprint density at radius 3 is 2.94 bits per heavy atom. The third-order valence-electron chi connectivity index (χ3n) is 2.52. The number of benzene rings is 1. The lowest BCUT2D eigenvalue weighted by atomic mass is 10.1. The van der Waals surface area contributed by atoms with Crippen LogP contribution in [0.3, 0.4) is 0 Å². The Balaban J connectivity index is 2.23.